The van der Waals surface area contributed by atoms with Crippen molar-refractivity contribution in [3.05, 3.63) is 47.5 Å². The van der Waals surface area contributed by atoms with Gasteiger partial charge in [0, 0.05) is 26.2 Å². The molecule has 0 radical (unpaired) electrons. The van der Waals surface area contributed by atoms with Crippen LogP contribution in [-0.4, -0.2) is 51.3 Å². The highest BCUT2D eigenvalue weighted by Gasteiger charge is 2.19. The van der Waals surface area contributed by atoms with Gasteiger partial charge in [0.1, 0.15) is 5.82 Å². The first-order chi connectivity index (χ1) is 13.7. The van der Waals surface area contributed by atoms with E-state index in [4.69, 9.17) is 4.99 Å². The largest absolute Gasteiger partial charge is 0.354 e. The van der Waals surface area contributed by atoms with Crippen molar-refractivity contribution in [1.29, 1.82) is 0 Å². The fourth-order valence-corrected chi connectivity index (χ4v) is 3.48. The number of rotatable bonds is 7. The summed E-state index contributed by atoms with van der Waals surface area (Å²) in [4.78, 5) is 7.37. The molecule has 7 nitrogen and oxygen atoms in total. The maximum absolute atomic E-state index is 4.82. The van der Waals surface area contributed by atoms with E-state index in [9.17, 15) is 0 Å². The van der Waals surface area contributed by atoms with Crippen molar-refractivity contribution >= 4 is 29.9 Å². The van der Waals surface area contributed by atoms with Gasteiger partial charge in [0.15, 0.2) is 11.8 Å². The number of guanidine groups is 1. The van der Waals surface area contributed by atoms with Crippen LogP contribution in [0.15, 0.2) is 35.3 Å². The quantitative estimate of drug-likeness (QED) is 0.340. The maximum Gasteiger partial charge on any atom is 0.192 e. The van der Waals surface area contributed by atoms with E-state index < -0.39 is 0 Å². The Labute approximate surface area is 191 Å². The summed E-state index contributed by atoms with van der Waals surface area (Å²) in [6.07, 6.45) is 3.52. The molecule has 0 saturated carbocycles. The van der Waals surface area contributed by atoms with Gasteiger partial charge in [0.2, 0.25) is 0 Å². The zero-order valence-electron chi connectivity index (χ0n) is 17.8. The van der Waals surface area contributed by atoms with E-state index in [1.165, 1.54) is 18.5 Å². The molecule has 2 aromatic rings. The fourth-order valence-electron chi connectivity index (χ4n) is 3.48. The predicted octanol–water partition coefficient (Wildman–Crippen LogP) is 2.85. The van der Waals surface area contributed by atoms with Crippen molar-refractivity contribution in [3.8, 4) is 0 Å². The Kier molecular flexibility index (Phi) is 9.86. The molecule has 160 valence electrons. The van der Waals surface area contributed by atoms with Gasteiger partial charge in [-0.05, 0) is 38.3 Å². The second-order valence-electron chi connectivity index (χ2n) is 7.49. The summed E-state index contributed by atoms with van der Waals surface area (Å²) in [5.74, 6) is 2.67. The molecule has 0 amide bonds. The van der Waals surface area contributed by atoms with Gasteiger partial charge in [0.05, 0.1) is 13.1 Å². The van der Waals surface area contributed by atoms with Crippen LogP contribution < -0.4 is 10.6 Å². The number of aromatic nitrogens is 3. The maximum atomic E-state index is 4.82. The van der Waals surface area contributed by atoms with Crippen LogP contribution in [0.1, 0.15) is 43.4 Å². The number of nitrogens with zero attached hydrogens (tertiary/aromatic N) is 5. The van der Waals surface area contributed by atoms with Crippen molar-refractivity contribution in [1.82, 2.24) is 30.3 Å². The lowest BCUT2D eigenvalue weighted by Gasteiger charge is -2.32. The minimum absolute atomic E-state index is 0. The van der Waals surface area contributed by atoms with Crippen LogP contribution in [-0.2, 0) is 20.1 Å². The molecular weight excluding hydrogens is 477 g/mol. The molecule has 8 heteroatoms. The summed E-state index contributed by atoms with van der Waals surface area (Å²) in [6, 6.07) is 10.8. The molecule has 1 aliphatic rings. The van der Waals surface area contributed by atoms with E-state index in [-0.39, 0.29) is 24.0 Å². The Hall–Kier alpha value is -1.68. The van der Waals surface area contributed by atoms with Crippen LogP contribution in [0.3, 0.4) is 0 Å². The molecule has 3 rings (SSSR count). The van der Waals surface area contributed by atoms with Crippen molar-refractivity contribution in [2.24, 2.45) is 12.0 Å². The number of benzene rings is 1. The van der Waals surface area contributed by atoms with E-state index in [1.807, 2.05) is 24.6 Å². The number of aliphatic imine (C=N–C) groups is 1. The highest BCUT2D eigenvalue weighted by atomic mass is 127. The van der Waals surface area contributed by atoms with E-state index in [0.29, 0.717) is 19.1 Å². The zero-order valence-corrected chi connectivity index (χ0v) is 20.1. The van der Waals surface area contributed by atoms with Gasteiger partial charge in [-0.2, -0.15) is 0 Å². The van der Waals surface area contributed by atoms with Gasteiger partial charge in [-0.3, -0.25) is 0 Å². The highest BCUT2D eigenvalue weighted by molar-refractivity contribution is 14.0. The third-order valence-electron chi connectivity index (χ3n) is 5.33. The molecule has 1 fully saturated rings. The lowest BCUT2D eigenvalue weighted by Crippen LogP contribution is -2.48. The average molecular weight is 511 g/mol. The molecule has 0 atom stereocenters. The van der Waals surface area contributed by atoms with Gasteiger partial charge in [-0.1, -0.05) is 37.3 Å². The molecule has 0 bridgehead atoms. The van der Waals surface area contributed by atoms with Gasteiger partial charge in [-0.15, -0.1) is 34.2 Å². The molecule has 1 aliphatic heterocycles. The molecular formula is C21H34IN7. The molecule has 0 aliphatic carbocycles. The van der Waals surface area contributed by atoms with Crippen LogP contribution in [0, 0.1) is 6.92 Å². The number of nitrogens with one attached hydrogen (secondary N) is 2. The lowest BCUT2D eigenvalue weighted by atomic mass is 10.1. The highest BCUT2D eigenvalue weighted by Crippen LogP contribution is 2.11. The Bertz CT molecular complexity index is 752. The summed E-state index contributed by atoms with van der Waals surface area (Å²) in [5.41, 5.74) is 1.20. The van der Waals surface area contributed by atoms with Gasteiger partial charge in [-0.25, -0.2) is 4.99 Å². The number of aryl methyl sites for hydroxylation is 1. The topological polar surface area (TPSA) is 70.4 Å². The third kappa shape index (κ3) is 7.26. The van der Waals surface area contributed by atoms with Crippen LogP contribution in [0.25, 0.3) is 0 Å². The lowest BCUT2D eigenvalue weighted by molar-refractivity contribution is 0.206. The average Bonchev–Trinajstić information content (AvgIpc) is 3.04. The number of likely N-dealkylation sites (tertiary alicyclic amines) is 1. The monoisotopic (exact) mass is 511 g/mol. The minimum Gasteiger partial charge on any atom is -0.354 e. The summed E-state index contributed by atoms with van der Waals surface area (Å²) in [5, 5.41) is 15.5. The summed E-state index contributed by atoms with van der Waals surface area (Å²) in [6.45, 7) is 8.97. The van der Waals surface area contributed by atoms with Crippen LogP contribution in [0.4, 0.5) is 0 Å². The molecule has 0 spiro atoms. The van der Waals surface area contributed by atoms with Gasteiger partial charge in [0.25, 0.3) is 0 Å². The normalized spacial score (nSPS) is 15.8. The molecule has 1 aromatic heterocycles. The van der Waals surface area contributed by atoms with E-state index >= 15 is 0 Å². The fraction of sp³-hybridized carbons (Fsp3) is 0.571. The molecule has 0 unspecified atom stereocenters. The summed E-state index contributed by atoms with van der Waals surface area (Å²) in [7, 11) is 1.99. The van der Waals surface area contributed by atoms with Crippen LogP contribution in [0.5, 0.6) is 0 Å². The second kappa shape index (κ2) is 12.1. The van der Waals surface area contributed by atoms with Crippen molar-refractivity contribution in [2.75, 3.05) is 19.6 Å². The minimum atomic E-state index is 0. The molecule has 2 heterocycles. The molecule has 1 aromatic carbocycles. The molecule has 2 N–H and O–H groups in total. The standard InChI is InChI=1S/C21H33N7.HI/c1-4-12-28-13-10-19(11-14-28)24-21(22-15-18-8-6-5-7-9-18)23-16-20-26-25-17(2)27(20)3;/h5-9,19H,4,10-16H2,1-3H3,(H2,22,23,24);1H. The smallest absolute Gasteiger partial charge is 0.192 e. The zero-order chi connectivity index (χ0) is 19.8. The van der Waals surface area contributed by atoms with Crippen LogP contribution in [0.2, 0.25) is 0 Å². The van der Waals surface area contributed by atoms with E-state index in [1.54, 1.807) is 0 Å². The van der Waals surface area contributed by atoms with Crippen molar-refractivity contribution in [2.45, 2.75) is 52.2 Å². The van der Waals surface area contributed by atoms with Crippen LogP contribution >= 0.6 is 24.0 Å². The number of halogens is 1. The first-order valence-electron chi connectivity index (χ1n) is 10.3. The first kappa shape index (κ1) is 23.6. The molecule has 1 saturated heterocycles. The summed E-state index contributed by atoms with van der Waals surface area (Å²) < 4.78 is 2.01. The Morgan fingerprint density at radius 1 is 1.17 bits per heavy atom. The number of hydrogen-bond donors (Lipinski definition) is 2. The summed E-state index contributed by atoms with van der Waals surface area (Å²) >= 11 is 0. The Morgan fingerprint density at radius 2 is 1.90 bits per heavy atom. The van der Waals surface area contributed by atoms with Crippen molar-refractivity contribution < 1.29 is 0 Å². The predicted molar refractivity (Wildman–Crippen MR) is 128 cm³/mol. The molecule has 29 heavy (non-hydrogen) atoms. The third-order valence-corrected chi connectivity index (χ3v) is 5.33. The van der Waals surface area contributed by atoms with E-state index in [2.05, 4.69) is 56.9 Å². The number of piperidine rings is 1. The van der Waals surface area contributed by atoms with Crippen molar-refractivity contribution in [3.63, 3.8) is 0 Å². The SMILES string of the molecule is CCCN1CCC(NC(=NCc2ccccc2)NCc2nnc(C)n2C)CC1.I. The number of hydrogen-bond acceptors (Lipinski definition) is 4. The van der Waals surface area contributed by atoms with Gasteiger partial charge >= 0.3 is 0 Å². The Balaban J connectivity index is 0.00000300. The first-order valence-corrected chi connectivity index (χ1v) is 10.3. The van der Waals surface area contributed by atoms with E-state index in [0.717, 1.165) is 43.5 Å². The second-order valence-corrected chi connectivity index (χ2v) is 7.49. The Morgan fingerprint density at radius 3 is 2.52 bits per heavy atom. The van der Waals surface area contributed by atoms with Gasteiger partial charge < -0.3 is 20.1 Å².